The van der Waals surface area contributed by atoms with Crippen LogP contribution >= 0.6 is 12.2 Å². The van der Waals surface area contributed by atoms with Gasteiger partial charge >= 0.3 is 0 Å². The molecule has 0 atom stereocenters. The lowest BCUT2D eigenvalue weighted by Gasteiger charge is -2.25. The van der Waals surface area contributed by atoms with Gasteiger partial charge in [0.2, 0.25) is 0 Å². The molecule has 2 nitrogen and oxygen atoms in total. The first-order chi connectivity index (χ1) is 5.61. The average Bonchev–Trinajstić information content (AvgIpc) is 2.69. The molecule has 0 spiro atoms. The molecule has 0 saturated heterocycles. The van der Waals surface area contributed by atoms with Crippen LogP contribution in [0.1, 0.15) is 33.1 Å². The van der Waals surface area contributed by atoms with E-state index in [1.54, 1.807) is 0 Å². The van der Waals surface area contributed by atoms with Crippen molar-refractivity contribution >= 4 is 17.2 Å². The summed E-state index contributed by atoms with van der Waals surface area (Å²) in [6, 6.07) is 1.45. The molecule has 70 valence electrons. The first kappa shape index (κ1) is 9.93. The standard InChI is InChI=1S/C9H18N2S/c1-7(2)11(8-3-4-8)6-5-9(10)12/h7-8H,3-6H2,1-2H3,(H2,10,12). The topological polar surface area (TPSA) is 29.3 Å². The van der Waals surface area contributed by atoms with Crippen molar-refractivity contribution in [2.75, 3.05) is 6.54 Å². The largest absolute Gasteiger partial charge is 0.393 e. The monoisotopic (exact) mass is 186 g/mol. The van der Waals surface area contributed by atoms with Crippen LogP contribution in [0.25, 0.3) is 0 Å². The van der Waals surface area contributed by atoms with Gasteiger partial charge in [-0.25, -0.2) is 0 Å². The summed E-state index contributed by atoms with van der Waals surface area (Å²) in [7, 11) is 0. The maximum atomic E-state index is 5.47. The van der Waals surface area contributed by atoms with E-state index in [0.717, 1.165) is 19.0 Å². The van der Waals surface area contributed by atoms with Gasteiger partial charge in [-0.1, -0.05) is 12.2 Å². The van der Waals surface area contributed by atoms with Crippen molar-refractivity contribution in [3.8, 4) is 0 Å². The number of nitrogens with zero attached hydrogens (tertiary/aromatic N) is 1. The van der Waals surface area contributed by atoms with E-state index in [1.165, 1.54) is 12.8 Å². The first-order valence-electron chi connectivity index (χ1n) is 4.65. The maximum Gasteiger partial charge on any atom is 0.0740 e. The molecule has 0 heterocycles. The van der Waals surface area contributed by atoms with Gasteiger partial charge in [0.1, 0.15) is 0 Å². The molecule has 3 heteroatoms. The molecule has 0 aliphatic heterocycles. The summed E-state index contributed by atoms with van der Waals surface area (Å²) in [4.78, 5) is 3.14. The molecule has 1 saturated carbocycles. The van der Waals surface area contributed by atoms with Crippen LogP contribution in [0.3, 0.4) is 0 Å². The van der Waals surface area contributed by atoms with Crippen LogP contribution in [0.15, 0.2) is 0 Å². The number of nitrogens with two attached hydrogens (primary N) is 1. The van der Waals surface area contributed by atoms with Gasteiger partial charge in [-0.3, -0.25) is 4.90 Å². The second-order valence-corrected chi connectivity index (χ2v) is 4.30. The van der Waals surface area contributed by atoms with Crippen molar-refractivity contribution in [2.45, 2.75) is 45.2 Å². The first-order valence-corrected chi connectivity index (χ1v) is 5.06. The molecule has 0 aromatic rings. The average molecular weight is 186 g/mol. The van der Waals surface area contributed by atoms with Gasteiger partial charge in [0.05, 0.1) is 4.99 Å². The lowest BCUT2D eigenvalue weighted by Crippen LogP contribution is -2.35. The third-order valence-corrected chi connectivity index (χ3v) is 2.50. The highest BCUT2D eigenvalue weighted by Gasteiger charge is 2.29. The van der Waals surface area contributed by atoms with Crippen LogP contribution in [-0.4, -0.2) is 28.5 Å². The van der Waals surface area contributed by atoms with Gasteiger partial charge < -0.3 is 5.73 Å². The summed E-state index contributed by atoms with van der Waals surface area (Å²) in [5.41, 5.74) is 5.47. The van der Waals surface area contributed by atoms with Crippen molar-refractivity contribution < 1.29 is 0 Å². The van der Waals surface area contributed by atoms with Crippen LogP contribution in [0, 0.1) is 0 Å². The Bertz CT molecular complexity index is 162. The molecule has 0 unspecified atom stereocenters. The second-order valence-electron chi connectivity index (χ2n) is 3.78. The number of hydrogen-bond donors (Lipinski definition) is 1. The van der Waals surface area contributed by atoms with Crippen LogP contribution < -0.4 is 5.73 Å². The third-order valence-electron chi connectivity index (χ3n) is 2.30. The Kier molecular flexibility index (Phi) is 3.47. The van der Waals surface area contributed by atoms with Gasteiger partial charge in [0.15, 0.2) is 0 Å². The normalized spacial score (nSPS) is 17.3. The summed E-state index contributed by atoms with van der Waals surface area (Å²) in [6.45, 7) is 5.51. The van der Waals surface area contributed by atoms with Gasteiger partial charge in [-0.05, 0) is 26.7 Å². The fourth-order valence-corrected chi connectivity index (χ4v) is 1.60. The molecule has 1 fully saturated rings. The third kappa shape index (κ3) is 3.07. The molecule has 1 aliphatic carbocycles. The molecule has 0 aromatic heterocycles. The van der Waals surface area contributed by atoms with E-state index >= 15 is 0 Å². The summed E-state index contributed by atoms with van der Waals surface area (Å²) in [5.74, 6) is 0. The second kappa shape index (κ2) is 4.19. The van der Waals surface area contributed by atoms with Crippen molar-refractivity contribution in [2.24, 2.45) is 5.73 Å². The Morgan fingerprint density at radius 2 is 2.17 bits per heavy atom. The zero-order valence-electron chi connectivity index (χ0n) is 7.92. The lowest BCUT2D eigenvalue weighted by atomic mass is 10.3. The molecule has 2 N–H and O–H groups in total. The Morgan fingerprint density at radius 1 is 1.58 bits per heavy atom. The summed E-state index contributed by atoms with van der Waals surface area (Å²) >= 11 is 4.86. The maximum absolute atomic E-state index is 5.47. The molecule has 12 heavy (non-hydrogen) atoms. The van der Waals surface area contributed by atoms with Crippen LogP contribution in [-0.2, 0) is 0 Å². The van der Waals surface area contributed by atoms with Crippen LogP contribution in [0.2, 0.25) is 0 Å². The van der Waals surface area contributed by atoms with Crippen LogP contribution in [0.4, 0.5) is 0 Å². The van der Waals surface area contributed by atoms with E-state index in [0.29, 0.717) is 11.0 Å². The fourth-order valence-electron chi connectivity index (χ4n) is 1.51. The van der Waals surface area contributed by atoms with Gasteiger partial charge in [-0.2, -0.15) is 0 Å². The Labute approximate surface area is 80.1 Å². The van der Waals surface area contributed by atoms with Crippen LogP contribution in [0.5, 0.6) is 0 Å². The minimum Gasteiger partial charge on any atom is -0.393 e. The minimum atomic E-state index is 0.631. The van der Waals surface area contributed by atoms with E-state index in [4.69, 9.17) is 18.0 Å². The molecular weight excluding hydrogens is 168 g/mol. The van der Waals surface area contributed by atoms with Crippen molar-refractivity contribution in [1.29, 1.82) is 0 Å². The zero-order chi connectivity index (χ0) is 9.14. The van der Waals surface area contributed by atoms with E-state index in [2.05, 4.69) is 18.7 Å². The molecule has 1 rings (SSSR count). The van der Waals surface area contributed by atoms with E-state index < -0.39 is 0 Å². The highest BCUT2D eigenvalue weighted by molar-refractivity contribution is 7.80. The number of hydrogen-bond acceptors (Lipinski definition) is 2. The van der Waals surface area contributed by atoms with Crippen molar-refractivity contribution in [3.05, 3.63) is 0 Å². The summed E-state index contributed by atoms with van der Waals surface area (Å²) in [5, 5.41) is 0. The highest BCUT2D eigenvalue weighted by atomic mass is 32.1. The predicted octanol–water partition coefficient (Wildman–Crippen LogP) is 1.54. The van der Waals surface area contributed by atoms with Gasteiger partial charge in [-0.15, -0.1) is 0 Å². The Balaban J connectivity index is 2.28. The minimum absolute atomic E-state index is 0.631. The van der Waals surface area contributed by atoms with E-state index in [9.17, 15) is 0 Å². The highest BCUT2D eigenvalue weighted by Crippen LogP contribution is 2.28. The SMILES string of the molecule is CC(C)N(CCC(N)=S)C1CC1. The number of thiocarbonyl (C=S) groups is 1. The molecule has 0 radical (unpaired) electrons. The molecule has 0 aromatic carbocycles. The van der Waals surface area contributed by atoms with E-state index in [1.807, 2.05) is 0 Å². The number of rotatable bonds is 5. The molecular formula is C9H18N2S. The predicted molar refractivity (Wildman–Crippen MR) is 56.3 cm³/mol. The summed E-state index contributed by atoms with van der Waals surface area (Å²) < 4.78 is 0. The zero-order valence-corrected chi connectivity index (χ0v) is 8.73. The lowest BCUT2D eigenvalue weighted by molar-refractivity contribution is 0.218. The van der Waals surface area contributed by atoms with Crippen molar-refractivity contribution in [3.63, 3.8) is 0 Å². The molecule has 1 aliphatic rings. The molecule has 0 amide bonds. The quantitative estimate of drug-likeness (QED) is 0.660. The molecule has 0 bridgehead atoms. The Morgan fingerprint density at radius 3 is 2.50 bits per heavy atom. The van der Waals surface area contributed by atoms with Gasteiger partial charge in [0, 0.05) is 25.0 Å². The van der Waals surface area contributed by atoms with Gasteiger partial charge in [0.25, 0.3) is 0 Å². The fraction of sp³-hybridized carbons (Fsp3) is 0.889. The summed E-state index contributed by atoms with van der Waals surface area (Å²) in [6.07, 6.45) is 3.58. The smallest absolute Gasteiger partial charge is 0.0740 e. The van der Waals surface area contributed by atoms with E-state index in [-0.39, 0.29) is 0 Å². The Hall–Kier alpha value is -0.150. The van der Waals surface area contributed by atoms with Crippen molar-refractivity contribution in [1.82, 2.24) is 4.90 Å².